The number of hydrogen-bond donors (Lipinski definition) is 1. The van der Waals surface area contributed by atoms with E-state index in [0.717, 1.165) is 25.1 Å². The van der Waals surface area contributed by atoms with Crippen LogP contribution < -0.4 is 5.32 Å². The molecule has 1 saturated heterocycles. The van der Waals surface area contributed by atoms with E-state index in [4.69, 9.17) is 0 Å². The third kappa shape index (κ3) is 3.94. The van der Waals surface area contributed by atoms with Crippen molar-refractivity contribution in [3.8, 4) is 0 Å². The van der Waals surface area contributed by atoms with Crippen molar-refractivity contribution in [2.45, 2.75) is 51.6 Å². The number of nitro groups is 1. The summed E-state index contributed by atoms with van der Waals surface area (Å²) in [5.74, 6) is 0. The first-order valence-electron chi connectivity index (χ1n) is 7.84. The van der Waals surface area contributed by atoms with E-state index < -0.39 is 0 Å². The number of nitrogens with one attached hydrogen (secondary N) is 1. The van der Waals surface area contributed by atoms with Gasteiger partial charge in [0.15, 0.2) is 0 Å². The lowest BCUT2D eigenvalue weighted by molar-refractivity contribution is -0.384. The molecule has 0 radical (unpaired) electrons. The van der Waals surface area contributed by atoms with Crippen molar-refractivity contribution >= 4 is 11.4 Å². The van der Waals surface area contributed by atoms with Gasteiger partial charge in [0.1, 0.15) is 5.69 Å². The fourth-order valence-electron chi connectivity index (χ4n) is 3.18. The van der Waals surface area contributed by atoms with E-state index in [0.29, 0.717) is 11.7 Å². The summed E-state index contributed by atoms with van der Waals surface area (Å²) < 4.78 is 0. The maximum absolute atomic E-state index is 11.2. The van der Waals surface area contributed by atoms with Crippen molar-refractivity contribution < 1.29 is 4.92 Å². The first kappa shape index (κ1) is 15.8. The predicted molar refractivity (Wildman–Crippen MR) is 85.6 cm³/mol. The first-order chi connectivity index (χ1) is 10.2. The molecule has 1 heterocycles. The molecule has 0 aromatic heterocycles. The second kappa shape index (κ2) is 7.41. The van der Waals surface area contributed by atoms with Gasteiger partial charge in [0.2, 0.25) is 0 Å². The van der Waals surface area contributed by atoms with Gasteiger partial charge >= 0.3 is 0 Å². The van der Waals surface area contributed by atoms with E-state index in [1.165, 1.54) is 25.7 Å². The van der Waals surface area contributed by atoms with E-state index >= 15 is 0 Å². The molecule has 1 aromatic carbocycles. The third-order valence-corrected chi connectivity index (χ3v) is 4.38. The Hall–Kier alpha value is -1.62. The van der Waals surface area contributed by atoms with Crippen LogP contribution in [0.4, 0.5) is 11.4 Å². The highest BCUT2D eigenvalue weighted by Crippen LogP contribution is 2.27. The van der Waals surface area contributed by atoms with E-state index in [1.807, 2.05) is 12.1 Å². The Morgan fingerprint density at radius 3 is 2.86 bits per heavy atom. The minimum atomic E-state index is -0.310. The Morgan fingerprint density at radius 2 is 2.19 bits per heavy atom. The lowest BCUT2D eigenvalue weighted by Gasteiger charge is -2.29. The molecule has 5 nitrogen and oxygen atoms in total. The smallest absolute Gasteiger partial charge is 0.292 e. The number of nitro benzene ring substituents is 1. The molecule has 1 atom stereocenters. The number of likely N-dealkylation sites (tertiary alicyclic amines) is 1. The summed E-state index contributed by atoms with van der Waals surface area (Å²) >= 11 is 0. The van der Waals surface area contributed by atoms with Crippen LogP contribution in [0.1, 0.15) is 44.6 Å². The molecule has 5 heteroatoms. The van der Waals surface area contributed by atoms with Crippen LogP contribution in [-0.2, 0) is 6.54 Å². The number of hydrogen-bond acceptors (Lipinski definition) is 4. The molecule has 2 rings (SSSR count). The van der Waals surface area contributed by atoms with Crippen molar-refractivity contribution in [1.29, 1.82) is 0 Å². The third-order valence-electron chi connectivity index (χ3n) is 4.38. The summed E-state index contributed by atoms with van der Waals surface area (Å²) in [5, 5.41) is 14.0. The average Bonchev–Trinajstić information content (AvgIpc) is 2.72. The molecule has 0 saturated carbocycles. The van der Waals surface area contributed by atoms with Crippen molar-refractivity contribution in [3.63, 3.8) is 0 Å². The topological polar surface area (TPSA) is 58.4 Å². The molecular formula is C16H25N3O2. The van der Waals surface area contributed by atoms with E-state index in [1.54, 1.807) is 13.1 Å². The maximum Gasteiger partial charge on any atom is 0.292 e. The van der Waals surface area contributed by atoms with Gasteiger partial charge < -0.3 is 5.32 Å². The Kier molecular flexibility index (Phi) is 5.56. The van der Waals surface area contributed by atoms with Gasteiger partial charge in [0.25, 0.3) is 5.69 Å². The van der Waals surface area contributed by atoms with Crippen LogP contribution in [0.15, 0.2) is 18.2 Å². The first-order valence-corrected chi connectivity index (χ1v) is 7.84. The Balaban J connectivity index is 2.17. The highest BCUT2D eigenvalue weighted by atomic mass is 16.6. The van der Waals surface area contributed by atoms with Crippen molar-refractivity contribution in [2.75, 3.05) is 18.9 Å². The van der Waals surface area contributed by atoms with Gasteiger partial charge in [-0.05, 0) is 37.4 Å². The number of benzene rings is 1. The van der Waals surface area contributed by atoms with Gasteiger partial charge in [-0.25, -0.2) is 0 Å². The maximum atomic E-state index is 11.2. The predicted octanol–water partition coefficient (Wildman–Crippen LogP) is 3.79. The summed E-state index contributed by atoms with van der Waals surface area (Å²) in [6, 6.07) is 6.13. The summed E-state index contributed by atoms with van der Waals surface area (Å²) in [6.45, 7) is 4.14. The van der Waals surface area contributed by atoms with Gasteiger partial charge in [0, 0.05) is 25.7 Å². The minimum Gasteiger partial charge on any atom is -0.383 e. The SMILES string of the molecule is CCC1CCCCCN1Cc1ccc(NC)c([N+](=O)[O-])c1. The van der Waals surface area contributed by atoms with Crippen molar-refractivity contribution in [1.82, 2.24) is 4.90 Å². The molecule has 1 aromatic rings. The zero-order chi connectivity index (χ0) is 15.2. The van der Waals surface area contributed by atoms with Crippen molar-refractivity contribution in [2.24, 2.45) is 0 Å². The Labute approximate surface area is 126 Å². The van der Waals surface area contributed by atoms with E-state index in [-0.39, 0.29) is 10.6 Å². The van der Waals surface area contributed by atoms with Crippen LogP contribution in [-0.4, -0.2) is 29.5 Å². The molecule has 116 valence electrons. The number of anilines is 1. The van der Waals surface area contributed by atoms with E-state index in [9.17, 15) is 10.1 Å². The highest BCUT2D eigenvalue weighted by molar-refractivity contribution is 5.62. The van der Waals surface area contributed by atoms with Gasteiger partial charge in [-0.2, -0.15) is 0 Å². The summed E-state index contributed by atoms with van der Waals surface area (Å²) in [7, 11) is 1.71. The van der Waals surface area contributed by atoms with Crippen LogP contribution in [0.25, 0.3) is 0 Å². The largest absolute Gasteiger partial charge is 0.383 e. The minimum absolute atomic E-state index is 0.165. The molecule has 0 bridgehead atoms. The molecule has 0 aliphatic carbocycles. The van der Waals surface area contributed by atoms with Gasteiger partial charge in [-0.3, -0.25) is 15.0 Å². The Morgan fingerprint density at radius 1 is 1.38 bits per heavy atom. The van der Waals surface area contributed by atoms with Gasteiger partial charge in [-0.1, -0.05) is 25.8 Å². The molecule has 1 aliphatic rings. The van der Waals surface area contributed by atoms with Crippen LogP contribution in [0.3, 0.4) is 0 Å². The molecule has 1 unspecified atom stereocenters. The molecule has 0 amide bonds. The van der Waals surface area contributed by atoms with Crippen molar-refractivity contribution in [3.05, 3.63) is 33.9 Å². The van der Waals surface area contributed by atoms with Crippen LogP contribution in [0.5, 0.6) is 0 Å². The summed E-state index contributed by atoms with van der Waals surface area (Å²) in [5.41, 5.74) is 1.77. The summed E-state index contributed by atoms with van der Waals surface area (Å²) in [4.78, 5) is 13.3. The summed E-state index contributed by atoms with van der Waals surface area (Å²) in [6.07, 6.45) is 6.22. The zero-order valence-electron chi connectivity index (χ0n) is 13.0. The van der Waals surface area contributed by atoms with E-state index in [2.05, 4.69) is 17.1 Å². The lowest BCUT2D eigenvalue weighted by Crippen LogP contribution is -2.33. The molecule has 21 heavy (non-hydrogen) atoms. The number of rotatable bonds is 5. The fourth-order valence-corrected chi connectivity index (χ4v) is 3.18. The quantitative estimate of drug-likeness (QED) is 0.662. The average molecular weight is 291 g/mol. The molecule has 1 fully saturated rings. The zero-order valence-corrected chi connectivity index (χ0v) is 13.0. The lowest BCUT2D eigenvalue weighted by atomic mass is 10.1. The monoisotopic (exact) mass is 291 g/mol. The molecular weight excluding hydrogens is 266 g/mol. The van der Waals surface area contributed by atoms with Gasteiger partial charge in [0.05, 0.1) is 4.92 Å². The van der Waals surface area contributed by atoms with Gasteiger partial charge in [-0.15, -0.1) is 0 Å². The fraction of sp³-hybridized carbons (Fsp3) is 0.625. The standard InChI is InChI=1S/C16H25N3O2/c1-3-14-7-5-4-6-10-18(14)12-13-8-9-15(17-2)16(11-13)19(20)21/h8-9,11,14,17H,3-7,10,12H2,1-2H3. The normalized spacial score (nSPS) is 20.0. The van der Waals surface area contributed by atoms with Crippen LogP contribution >= 0.6 is 0 Å². The second-order valence-corrected chi connectivity index (χ2v) is 5.74. The molecule has 1 N–H and O–H groups in total. The number of nitrogens with zero attached hydrogens (tertiary/aromatic N) is 2. The second-order valence-electron chi connectivity index (χ2n) is 5.74. The van der Waals surface area contributed by atoms with Crippen LogP contribution in [0.2, 0.25) is 0 Å². The Bertz CT molecular complexity index is 490. The highest BCUT2D eigenvalue weighted by Gasteiger charge is 2.21. The molecule has 1 aliphatic heterocycles. The molecule has 0 spiro atoms. The van der Waals surface area contributed by atoms with Crippen LogP contribution in [0, 0.1) is 10.1 Å².